The van der Waals surface area contributed by atoms with Crippen molar-refractivity contribution in [1.82, 2.24) is 9.88 Å². The maximum Gasteiger partial charge on any atom is 0.319 e. The molecule has 1 aromatic rings. The van der Waals surface area contributed by atoms with Gasteiger partial charge < -0.3 is 10.5 Å². The molecule has 1 rings (SSSR count). The molecule has 92 valence electrons. The Bertz CT molecular complexity index is 332. The number of ether oxygens (including phenoxy) is 1. The molecule has 0 saturated heterocycles. The van der Waals surface area contributed by atoms with Crippen molar-refractivity contribution in [3.8, 4) is 0 Å². The number of nitrogen functional groups attached to an aromatic ring is 1. The summed E-state index contributed by atoms with van der Waals surface area (Å²) in [5.41, 5.74) is 5.52. The lowest BCUT2D eigenvalue weighted by Crippen LogP contribution is -2.29. The minimum atomic E-state index is -0.227. The smallest absolute Gasteiger partial charge is 0.319 e. The molecule has 0 spiro atoms. The zero-order chi connectivity index (χ0) is 11.3. The van der Waals surface area contributed by atoms with E-state index in [1.54, 1.807) is 6.20 Å². The number of nitrogens with two attached hydrogens (primary N) is 1. The van der Waals surface area contributed by atoms with E-state index in [0.717, 1.165) is 11.4 Å². The molecule has 0 atom stereocenters. The fourth-order valence-electron chi connectivity index (χ4n) is 1.14. The van der Waals surface area contributed by atoms with Crippen LogP contribution in [0.3, 0.4) is 0 Å². The average Bonchev–Trinajstić information content (AvgIpc) is 2.62. The molecule has 5 nitrogen and oxygen atoms in total. The highest BCUT2D eigenvalue weighted by Gasteiger charge is 2.10. The SMILES string of the molecule is CCN(CC(=O)OC)Cc1cnc(N)s1.Cl. The van der Waals surface area contributed by atoms with Crippen LogP contribution in [0.1, 0.15) is 11.8 Å². The van der Waals surface area contributed by atoms with E-state index in [0.29, 0.717) is 18.2 Å². The Balaban J connectivity index is 0.00000225. The van der Waals surface area contributed by atoms with Crippen LogP contribution in [-0.4, -0.2) is 36.1 Å². The summed E-state index contributed by atoms with van der Waals surface area (Å²) in [5.74, 6) is -0.227. The highest BCUT2D eigenvalue weighted by atomic mass is 35.5. The fraction of sp³-hybridized carbons (Fsp3) is 0.556. The molecule has 0 aliphatic heterocycles. The Morgan fingerprint density at radius 1 is 1.69 bits per heavy atom. The molecule has 7 heteroatoms. The third-order valence-electron chi connectivity index (χ3n) is 1.98. The number of esters is 1. The predicted octanol–water partition coefficient (Wildman–Crippen LogP) is 1.14. The van der Waals surface area contributed by atoms with Crippen LogP contribution in [-0.2, 0) is 16.1 Å². The Labute approximate surface area is 105 Å². The number of carbonyl (C=O) groups is 1. The van der Waals surface area contributed by atoms with Crippen molar-refractivity contribution in [2.24, 2.45) is 0 Å². The van der Waals surface area contributed by atoms with E-state index in [1.165, 1.54) is 18.4 Å². The van der Waals surface area contributed by atoms with Gasteiger partial charge in [-0.25, -0.2) is 4.98 Å². The van der Waals surface area contributed by atoms with Crippen molar-refractivity contribution in [2.45, 2.75) is 13.5 Å². The Kier molecular flexibility index (Phi) is 7.03. The Morgan fingerprint density at radius 2 is 2.38 bits per heavy atom. The summed E-state index contributed by atoms with van der Waals surface area (Å²) in [6.07, 6.45) is 1.74. The monoisotopic (exact) mass is 265 g/mol. The molecular formula is C9H16ClN3O2S. The van der Waals surface area contributed by atoms with Gasteiger partial charge in [-0.1, -0.05) is 6.92 Å². The maximum atomic E-state index is 11.1. The van der Waals surface area contributed by atoms with E-state index in [4.69, 9.17) is 5.73 Å². The number of nitrogens with zero attached hydrogens (tertiary/aromatic N) is 2. The number of hydrogen-bond acceptors (Lipinski definition) is 6. The lowest BCUT2D eigenvalue weighted by Gasteiger charge is -2.17. The number of likely N-dealkylation sites (N-methyl/N-ethyl adjacent to an activating group) is 1. The topological polar surface area (TPSA) is 68.5 Å². The summed E-state index contributed by atoms with van der Waals surface area (Å²) in [5, 5.41) is 0.555. The number of hydrogen-bond donors (Lipinski definition) is 1. The van der Waals surface area contributed by atoms with Gasteiger partial charge in [0.05, 0.1) is 13.7 Å². The van der Waals surface area contributed by atoms with E-state index in [1.807, 2.05) is 11.8 Å². The second kappa shape index (κ2) is 7.43. The summed E-state index contributed by atoms with van der Waals surface area (Å²) in [7, 11) is 1.39. The highest BCUT2D eigenvalue weighted by Crippen LogP contribution is 2.16. The second-order valence-corrected chi connectivity index (χ2v) is 4.19. The number of rotatable bonds is 5. The third-order valence-corrected chi connectivity index (χ3v) is 2.79. The summed E-state index contributed by atoms with van der Waals surface area (Å²) in [6, 6.07) is 0. The van der Waals surface area contributed by atoms with Crippen molar-refractivity contribution >= 4 is 34.8 Å². The van der Waals surface area contributed by atoms with Gasteiger partial charge in [-0.2, -0.15) is 0 Å². The quantitative estimate of drug-likeness (QED) is 0.809. The Hall–Kier alpha value is -0.850. The minimum absolute atomic E-state index is 0. The molecule has 0 saturated carbocycles. The van der Waals surface area contributed by atoms with Crippen molar-refractivity contribution in [2.75, 3.05) is 25.9 Å². The van der Waals surface area contributed by atoms with E-state index in [9.17, 15) is 4.79 Å². The second-order valence-electron chi connectivity index (χ2n) is 3.04. The molecule has 0 bridgehead atoms. The van der Waals surface area contributed by atoms with Crippen LogP contribution in [0.2, 0.25) is 0 Å². The number of thiazole rings is 1. The molecular weight excluding hydrogens is 250 g/mol. The zero-order valence-electron chi connectivity index (χ0n) is 9.30. The maximum absolute atomic E-state index is 11.1. The fourth-order valence-corrected chi connectivity index (χ4v) is 1.87. The van der Waals surface area contributed by atoms with Crippen LogP contribution in [0.5, 0.6) is 0 Å². The molecule has 0 amide bonds. The van der Waals surface area contributed by atoms with Crippen LogP contribution in [0.15, 0.2) is 6.20 Å². The molecule has 0 aliphatic rings. The van der Waals surface area contributed by atoms with E-state index < -0.39 is 0 Å². The van der Waals surface area contributed by atoms with Gasteiger partial charge in [0.25, 0.3) is 0 Å². The summed E-state index contributed by atoms with van der Waals surface area (Å²) >= 11 is 1.44. The van der Waals surface area contributed by atoms with Gasteiger partial charge in [-0.05, 0) is 6.54 Å². The van der Waals surface area contributed by atoms with Crippen LogP contribution in [0.25, 0.3) is 0 Å². The molecule has 0 unspecified atom stereocenters. The first-order valence-corrected chi connectivity index (χ1v) is 5.46. The first kappa shape index (κ1) is 15.2. The van der Waals surface area contributed by atoms with Crippen molar-refractivity contribution in [3.05, 3.63) is 11.1 Å². The number of halogens is 1. The zero-order valence-corrected chi connectivity index (χ0v) is 10.9. The summed E-state index contributed by atoms with van der Waals surface area (Å²) in [6.45, 7) is 3.76. The number of anilines is 1. The summed E-state index contributed by atoms with van der Waals surface area (Å²) in [4.78, 5) is 18.1. The van der Waals surface area contributed by atoms with Gasteiger partial charge in [0, 0.05) is 17.6 Å². The number of methoxy groups -OCH3 is 1. The van der Waals surface area contributed by atoms with Gasteiger partial charge in [-0.3, -0.25) is 9.69 Å². The van der Waals surface area contributed by atoms with Crippen molar-refractivity contribution in [1.29, 1.82) is 0 Å². The van der Waals surface area contributed by atoms with Crippen LogP contribution < -0.4 is 5.73 Å². The van der Waals surface area contributed by atoms with Crippen molar-refractivity contribution in [3.63, 3.8) is 0 Å². The van der Waals surface area contributed by atoms with E-state index >= 15 is 0 Å². The van der Waals surface area contributed by atoms with E-state index in [-0.39, 0.29) is 18.4 Å². The largest absolute Gasteiger partial charge is 0.468 e. The molecule has 2 N–H and O–H groups in total. The van der Waals surface area contributed by atoms with Crippen LogP contribution in [0, 0.1) is 0 Å². The molecule has 0 aromatic carbocycles. The van der Waals surface area contributed by atoms with Gasteiger partial charge >= 0.3 is 5.97 Å². The molecule has 16 heavy (non-hydrogen) atoms. The van der Waals surface area contributed by atoms with Crippen molar-refractivity contribution < 1.29 is 9.53 Å². The molecule has 0 radical (unpaired) electrons. The standard InChI is InChI=1S/C9H15N3O2S.ClH/c1-3-12(6-8(13)14-2)5-7-4-11-9(10)15-7;/h4H,3,5-6H2,1-2H3,(H2,10,11);1H. The summed E-state index contributed by atoms with van der Waals surface area (Å²) < 4.78 is 4.61. The number of carbonyl (C=O) groups excluding carboxylic acids is 1. The van der Waals surface area contributed by atoms with Gasteiger partial charge in [0.2, 0.25) is 0 Å². The molecule has 0 aliphatic carbocycles. The predicted molar refractivity (Wildman–Crippen MR) is 66.7 cm³/mol. The molecule has 1 aromatic heterocycles. The lowest BCUT2D eigenvalue weighted by atomic mass is 10.4. The first-order chi connectivity index (χ1) is 7.15. The van der Waals surface area contributed by atoms with E-state index in [2.05, 4.69) is 9.72 Å². The molecule has 0 fully saturated rings. The minimum Gasteiger partial charge on any atom is -0.468 e. The highest BCUT2D eigenvalue weighted by molar-refractivity contribution is 7.15. The van der Waals surface area contributed by atoms with Crippen LogP contribution in [0.4, 0.5) is 5.13 Å². The van der Waals surface area contributed by atoms with Gasteiger partial charge in [-0.15, -0.1) is 23.7 Å². The normalized spacial score (nSPS) is 9.94. The molecule has 1 heterocycles. The van der Waals surface area contributed by atoms with Gasteiger partial charge in [0.15, 0.2) is 5.13 Å². The van der Waals surface area contributed by atoms with Gasteiger partial charge in [0.1, 0.15) is 0 Å². The number of aromatic nitrogens is 1. The lowest BCUT2D eigenvalue weighted by molar-refractivity contribution is -0.142. The average molecular weight is 266 g/mol. The van der Waals surface area contributed by atoms with Crippen LogP contribution >= 0.6 is 23.7 Å². The third kappa shape index (κ3) is 4.78. The Morgan fingerprint density at radius 3 is 2.81 bits per heavy atom. The first-order valence-electron chi connectivity index (χ1n) is 4.65.